The predicted molar refractivity (Wildman–Crippen MR) is 76.6 cm³/mol. The number of carboxylic acid groups (broad SMARTS) is 1. The van der Waals surface area contributed by atoms with Crippen molar-refractivity contribution in [1.29, 1.82) is 0 Å². The molecule has 1 aromatic heterocycles. The highest BCUT2D eigenvalue weighted by atomic mass is 16.5. The molecule has 1 aromatic carbocycles. The maximum atomic E-state index is 11.0. The van der Waals surface area contributed by atoms with Crippen LogP contribution in [0.1, 0.15) is 15.9 Å². The van der Waals surface area contributed by atoms with E-state index in [4.69, 9.17) is 15.6 Å². The Balaban J connectivity index is 2.37. The molecule has 6 nitrogen and oxygen atoms in total. The minimum Gasteiger partial charge on any atom is -0.495 e. The van der Waals surface area contributed by atoms with Gasteiger partial charge in [-0.15, -0.1) is 0 Å². The molecule has 0 aliphatic heterocycles. The van der Waals surface area contributed by atoms with Crippen LogP contribution in [0.25, 0.3) is 0 Å². The van der Waals surface area contributed by atoms with Crippen LogP contribution in [0.3, 0.4) is 0 Å². The number of nitrogen functional groups attached to an aromatic ring is 1. The fraction of sp³-hybridized carbons (Fsp3) is 0.143. The van der Waals surface area contributed by atoms with Crippen LogP contribution in [0.5, 0.6) is 5.75 Å². The van der Waals surface area contributed by atoms with Gasteiger partial charge >= 0.3 is 5.97 Å². The highest BCUT2D eigenvalue weighted by molar-refractivity contribution is 5.94. The molecule has 0 saturated carbocycles. The summed E-state index contributed by atoms with van der Waals surface area (Å²) in [5.41, 5.74) is 7.45. The van der Waals surface area contributed by atoms with Gasteiger partial charge in [0.1, 0.15) is 11.6 Å². The number of nitrogens with one attached hydrogen (secondary N) is 1. The number of hydrogen-bond acceptors (Lipinski definition) is 5. The minimum absolute atomic E-state index is 0.00844. The fourth-order valence-corrected chi connectivity index (χ4v) is 1.78. The SMILES string of the molecule is COc1ccc(C)cc1Nc1cc(C(=O)O)c(N)cn1. The van der Waals surface area contributed by atoms with Crippen LogP contribution in [-0.2, 0) is 0 Å². The maximum absolute atomic E-state index is 11.0. The summed E-state index contributed by atoms with van der Waals surface area (Å²) in [5.74, 6) is -0.0595. The van der Waals surface area contributed by atoms with Crippen LogP contribution in [0, 0.1) is 6.92 Å². The third kappa shape index (κ3) is 2.80. The van der Waals surface area contributed by atoms with E-state index in [9.17, 15) is 4.79 Å². The van der Waals surface area contributed by atoms with Gasteiger partial charge in [-0.1, -0.05) is 6.07 Å². The van der Waals surface area contributed by atoms with Crippen molar-refractivity contribution in [2.45, 2.75) is 6.92 Å². The fourth-order valence-electron chi connectivity index (χ4n) is 1.78. The molecule has 0 saturated heterocycles. The smallest absolute Gasteiger partial charge is 0.337 e. The lowest BCUT2D eigenvalue weighted by atomic mass is 10.2. The van der Waals surface area contributed by atoms with Crippen molar-refractivity contribution in [3.63, 3.8) is 0 Å². The average molecular weight is 273 g/mol. The Morgan fingerprint density at radius 2 is 2.15 bits per heavy atom. The van der Waals surface area contributed by atoms with Crippen LogP contribution >= 0.6 is 0 Å². The third-order valence-corrected chi connectivity index (χ3v) is 2.78. The van der Waals surface area contributed by atoms with E-state index in [2.05, 4.69) is 10.3 Å². The van der Waals surface area contributed by atoms with Crippen molar-refractivity contribution < 1.29 is 14.6 Å². The molecule has 2 rings (SSSR count). The van der Waals surface area contributed by atoms with Crippen molar-refractivity contribution in [2.24, 2.45) is 0 Å². The normalized spacial score (nSPS) is 10.1. The summed E-state index contributed by atoms with van der Waals surface area (Å²) in [7, 11) is 1.56. The molecule has 0 aliphatic carbocycles. The number of hydrogen-bond donors (Lipinski definition) is 3. The zero-order valence-electron chi connectivity index (χ0n) is 11.2. The first kappa shape index (κ1) is 13.7. The number of aromatic nitrogens is 1. The summed E-state index contributed by atoms with van der Waals surface area (Å²) in [6.07, 6.45) is 1.31. The second kappa shape index (κ2) is 5.48. The van der Waals surface area contributed by atoms with Crippen LogP contribution in [0.2, 0.25) is 0 Å². The summed E-state index contributed by atoms with van der Waals surface area (Å²) in [6.45, 7) is 1.95. The number of rotatable bonds is 4. The van der Waals surface area contributed by atoms with Gasteiger partial charge in [0.2, 0.25) is 0 Å². The molecule has 0 atom stereocenters. The summed E-state index contributed by atoms with van der Waals surface area (Å²) < 4.78 is 5.24. The number of aryl methyl sites for hydroxylation is 1. The molecule has 104 valence electrons. The van der Waals surface area contributed by atoms with Crippen molar-refractivity contribution in [3.8, 4) is 5.75 Å². The largest absolute Gasteiger partial charge is 0.495 e. The maximum Gasteiger partial charge on any atom is 0.337 e. The highest BCUT2D eigenvalue weighted by Gasteiger charge is 2.11. The number of carbonyl (C=O) groups is 1. The van der Waals surface area contributed by atoms with Crippen molar-refractivity contribution >= 4 is 23.2 Å². The summed E-state index contributed by atoms with van der Waals surface area (Å²) in [6, 6.07) is 7.02. The highest BCUT2D eigenvalue weighted by Crippen LogP contribution is 2.28. The Bertz CT molecular complexity index is 656. The lowest BCUT2D eigenvalue weighted by Gasteiger charge is -2.12. The number of nitrogens with zero attached hydrogens (tertiary/aromatic N) is 1. The number of benzene rings is 1. The van der Waals surface area contributed by atoms with E-state index in [1.165, 1.54) is 12.3 Å². The molecular weight excluding hydrogens is 258 g/mol. The van der Waals surface area contributed by atoms with E-state index in [-0.39, 0.29) is 11.3 Å². The average Bonchev–Trinajstić information content (AvgIpc) is 2.41. The molecule has 0 amide bonds. The van der Waals surface area contributed by atoms with E-state index in [0.717, 1.165) is 5.56 Å². The Morgan fingerprint density at radius 1 is 1.40 bits per heavy atom. The second-order valence-electron chi connectivity index (χ2n) is 4.29. The quantitative estimate of drug-likeness (QED) is 0.791. The number of carboxylic acids is 1. The van der Waals surface area contributed by atoms with Gasteiger partial charge in [-0.05, 0) is 30.7 Å². The van der Waals surface area contributed by atoms with E-state index in [0.29, 0.717) is 17.3 Å². The molecule has 0 aliphatic rings. The topological polar surface area (TPSA) is 97.5 Å². The zero-order valence-corrected chi connectivity index (χ0v) is 11.2. The van der Waals surface area contributed by atoms with Gasteiger partial charge in [-0.2, -0.15) is 0 Å². The molecule has 2 aromatic rings. The molecule has 0 radical (unpaired) electrons. The first-order valence-electron chi connectivity index (χ1n) is 5.91. The van der Waals surface area contributed by atoms with Crippen LogP contribution in [0.15, 0.2) is 30.5 Å². The summed E-state index contributed by atoms with van der Waals surface area (Å²) in [4.78, 5) is 15.1. The van der Waals surface area contributed by atoms with Gasteiger partial charge in [0, 0.05) is 0 Å². The Labute approximate surface area is 116 Å². The zero-order chi connectivity index (χ0) is 14.7. The van der Waals surface area contributed by atoms with Gasteiger partial charge in [-0.3, -0.25) is 0 Å². The van der Waals surface area contributed by atoms with Crippen LogP contribution < -0.4 is 15.8 Å². The number of pyridine rings is 1. The molecule has 1 heterocycles. The Hall–Kier alpha value is -2.76. The van der Waals surface area contributed by atoms with E-state index >= 15 is 0 Å². The van der Waals surface area contributed by atoms with E-state index in [1.54, 1.807) is 7.11 Å². The Kier molecular flexibility index (Phi) is 3.74. The molecule has 0 spiro atoms. The van der Waals surface area contributed by atoms with Crippen molar-refractivity contribution in [2.75, 3.05) is 18.2 Å². The molecule has 0 fully saturated rings. The monoisotopic (exact) mass is 273 g/mol. The summed E-state index contributed by atoms with van der Waals surface area (Å²) in [5, 5.41) is 12.1. The molecule has 20 heavy (non-hydrogen) atoms. The van der Waals surface area contributed by atoms with Gasteiger partial charge in [-0.25, -0.2) is 9.78 Å². The second-order valence-corrected chi connectivity index (χ2v) is 4.29. The molecule has 0 bridgehead atoms. The number of nitrogens with two attached hydrogens (primary N) is 1. The number of ether oxygens (including phenoxy) is 1. The van der Waals surface area contributed by atoms with Crippen LogP contribution in [0.4, 0.5) is 17.2 Å². The molecule has 0 unspecified atom stereocenters. The van der Waals surface area contributed by atoms with Crippen molar-refractivity contribution in [3.05, 3.63) is 41.6 Å². The predicted octanol–water partition coefficient (Wildman–Crippen LogP) is 2.42. The number of aromatic carboxylic acids is 1. The lowest BCUT2D eigenvalue weighted by molar-refractivity contribution is 0.0698. The van der Waals surface area contributed by atoms with Gasteiger partial charge < -0.3 is 20.9 Å². The Morgan fingerprint density at radius 3 is 2.80 bits per heavy atom. The van der Waals surface area contributed by atoms with E-state index in [1.807, 2.05) is 25.1 Å². The summed E-state index contributed by atoms with van der Waals surface area (Å²) >= 11 is 0. The van der Waals surface area contributed by atoms with Crippen molar-refractivity contribution in [1.82, 2.24) is 4.98 Å². The first-order chi connectivity index (χ1) is 9.51. The number of anilines is 3. The van der Waals surface area contributed by atoms with Gasteiger partial charge in [0.05, 0.1) is 30.2 Å². The minimum atomic E-state index is -1.09. The molecule has 6 heteroatoms. The third-order valence-electron chi connectivity index (χ3n) is 2.78. The molecular formula is C14H15N3O3. The van der Waals surface area contributed by atoms with E-state index < -0.39 is 5.97 Å². The van der Waals surface area contributed by atoms with Crippen LogP contribution in [-0.4, -0.2) is 23.2 Å². The van der Waals surface area contributed by atoms with Gasteiger partial charge in [0.15, 0.2) is 0 Å². The first-order valence-corrected chi connectivity index (χ1v) is 5.91. The lowest BCUT2D eigenvalue weighted by Crippen LogP contribution is -2.05. The molecule has 4 N–H and O–H groups in total. The van der Waals surface area contributed by atoms with Gasteiger partial charge in [0.25, 0.3) is 0 Å². The standard InChI is InChI=1S/C14H15N3O3/c1-8-3-4-12(20-2)11(5-8)17-13-6-9(14(18)19)10(15)7-16-13/h3-7H,15H2,1-2H3,(H,16,17)(H,18,19). The number of methoxy groups -OCH3 is 1.